The first-order valence-corrected chi connectivity index (χ1v) is 9.88. The van der Waals surface area contributed by atoms with Crippen molar-refractivity contribution in [1.82, 2.24) is 4.98 Å². The van der Waals surface area contributed by atoms with E-state index in [0.29, 0.717) is 11.3 Å². The van der Waals surface area contributed by atoms with E-state index >= 15 is 0 Å². The van der Waals surface area contributed by atoms with Crippen LogP contribution in [0.5, 0.6) is 5.75 Å². The molecule has 1 atom stereocenters. The minimum absolute atomic E-state index is 0.0571. The Labute approximate surface area is 180 Å². The van der Waals surface area contributed by atoms with Gasteiger partial charge in [0.1, 0.15) is 17.6 Å². The molecule has 1 aliphatic heterocycles. The molecule has 1 unspecified atom stereocenters. The van der Waals surface area contributed by atoms with Crippen molar-refractivity contribution in [2.24, 2.45) is 0 Å². The number of phenolic OH excluding ortho intramolecular Hbond substituents is 1. The molecule has 1 saturated heterocycles. The fourth-order valence-electron chi connectivity index (χ4n) is 3.86. The molecule has 6 nitrogen and oxygen atoms in total. The highest BCUT2D eigenvalue weighted by Gasteiger charge is 2.48. The Kier molecular flexibility index (Phi) is 5.07. The molecule has 2 N–H and O–H groups in total. The van der Waals surface area contributed by atoms with Crippen molar-refractivity contribution < 1.29 is 19.8 Å². The molecule has 156 valence electrons. The molecule has 0 aliphatic carbocycles. The summed E-state index contributed by atoms with van der Waals surface area (Å²) in [6.07, 6.45) is 1.56. The van der Waals surface area contributed by atoms with Crippen LogP contribution in [-0.2, 0) is 9.59 Å². The number of anilines is 1. The third kappa shape index (κ3) is 3.46. The van der Waals surface area contributed by atoms with Gasteiger partial charge in [0, 0.05) is 11.8 Å². The second kappa shape index (κ2) is 7.72. The number of aromatic nitrogens is 1. The van der Waals surface area contributed by atoms with Gasteiger partial charge in [0.15, 0.2) is 0 Å². The largest absolute Gasteiger partial charge is 0.507 e. The summed E-state index contributed by atoms with van der Waals surface area (Å²) in [6, 6.07) is 14.5. The monoisotopic (exact) mass is 414 g/mol. The van der Waals surface area contributed by atoms with Gasteiger partial charge in [0.25, 0.3) is 11.7 Å². The number of aryl methyl sites for hydroxylation is 3. The maximum absolute atomic E-state index is 13.2. The fraction of sp³-hybridized carbons (Fsp3) is 0.160. The van der Waals surface area contributed by atoms with Gasteiger partial charge in [-0.15, -0.1) is 0 Å². The van der Waals surface area contributed by atoms with Gasteiger partial charge in [-0.3, -0.25) is 19.5 Å². The zero-order valence-corrected chi connectivity index (χ0v) is 17.5. The van der Waals surface area contributed by atoms with Crippen LogP contribution in [0.25, 0.3) is 5.76 Å². The van der Waals surface area contributed by atoms with Crippen molar-refractivity contribution in [3.05, 3.63) is 94.3 Å². The normalized spacial score (nSPS) is 17.9. The number of nitrogens with zero attached hydrogens (tertiary/aromatic N) is 2. The van der Waals surface area contributed by atoms with E-state index in [2.05, 4.69) is 4.98 Å². The van der Waals surface area contributed by atoms with Crippen LogP contribution >= 0.6 is 0 Å². The summed E-state index contributed by atoms with van der Waals surface area (Å²) in [5, 5.41) is 21.7. The summed E-state index contributed by atoms with van der Waals surface area (Å²) in [5.41, 5.74) is 3.52. The molecule has 0 bridgehead atoms. The summed E-state index contributed by atoms with van der Waals surface area (Å²) in [6.45, 7) is 5.54. The number of aliphatic hydroxyl groups excluding tert-OH is 1. The highest BCUT2D eigenvalue weighted by Crippen LogP contribution is 2.44. The van der Waals surface area contributed by atoms with Crippen LogP contribution in [-0.4, -0.2) is 26.9 Å². The molecule has 1 amide bonds. The first-order valence-electron chi connectivity index (χ1n) is 9.88. The molecule has 1 aliphatic rings. The fourth-order valence-corrected chi connectivity index (χ4v) is 3.86. The molecular weight excluding hydrogens is 392 g/mol. The Hall–Kier alpha value is -3.93. The Morgan fingerprint density at radius 1 is 0.968 bits per heavy atom. The van der Waals surface area contributed by atoms with Gasteiger partial charge >= 0.3 is 0 Å². The smallest absolute Gasteiger partial charge is 0.300 e. The van der Waals surface area contributed by atoms with Crippen LogP contribution in [0.4, 0.5) is 5.69 Å². The minimum atomic E-state index is -0.978. The average molecular weight is 414 g/mol. The van der Waals surface area contributed by atoms with E-state index in [-0.39, 0.29) is 22.8 Å². The highest BCUT2D eigenvalue weighted by atomic mass is 16.3. The molecule has 1 aromatic heterocycles. The van der Waals surface area contributed by atoms with Gasteiger partial charge in [0.05, 0.1) is 17.0 Å². The van der Waals surface area contributed by atoms with Crippen molar-refractivity contribution in [3.8, 4) is 5.75 Å². The van der Waals surface area contributed by atoms with Crippen LogP contribution in [0.15, 0.2) is 66.4 Å². The lowest BCUT2D eigenvalue weighted by atomic mass is 9.95. The zero-order valence-electron chi connectivity index (χ0n) is 17.5. The molecule has 4 rings (SSSR count). The molecule has 3 aromatic rings. The van der Waals surface area contributed by atoms with Crippen LogP contribution in [0, 0.1) is 20.8 Å². The van der Waals surface area contributed by atoms with E-state index in [1.54, 1.807) is 42.6 Å². The number of rotatable bonds is 3. The molecule has 6 heteroatoms. The Morgan fingerprint density at radius 3 is 2.39 bits per heavy atom. The van der Waals surface area contributed by atoms with Crippen LogP contribution in [0.3, 0.4) is 0 Å². The highest BCUT2D eigenvalue weighted by molar-refractivity contribution is 6.51. The van der Waals surface area contributed by atoms with E-state index in [4.69, 9.17) is 0 Å². The van der Waals surface area contributed by atoms with Crippen molar-refractivity contribution >= 4 is 23.1 Å². The number of ketones is 1. The summed E-state index contributed by atoms with van der Waals surface area (Å²) < 4.78 is 0. The number of aliphatic hydroxyl groups is 1. The molecule has 2 heterocycles. The number of hydrogen-bond acceptors (Lipinski definition) is 5. The molecule has 31 heavy (non-hydrogen) atoms. The van der Waals surface area contributed by atoms with Crippen molar-refractivity contribution in [3.63, 3.8) is 0 Å². The minimum Gasteiger partial charge on any atom is -0.507 e. The summed E-state index contributed by atoms with van der Waals surface area (Å²) in [7, 11) is 0. The van der Waals surface area contributed by atoms with Gasteiger partial charge in [-0.25, -0.2) is 0 Å². The first-order chi connectivity index (χ1) is 14.8. The summed E-state index contributed by atoms with van der Waals surface area (Å²) >= 11 is 0. The standard InChI is InChI=1S/C25H22N2O4/c1-14-7-9-16(3)17(12-14)23(29)21-22(18-6-4-5-11-26-18)27(25(31)24(21)30)19-13-15(2)8-10-20(19)28/h4-13,22,28-29H,1-3H3/b23-21+. The molecule has 0 saturated carbocycles. The van der Waals surface area contributed by atoms with E-state index in [1.807, 2.05) is 32.9 Å². The number of pyridine rings is 1. The molecule has 1 fully saturated rings. The lowest BCUT2D eigenvalue weighted by Gasteiger charge is -2.25. The van der Waals surface area contributed by atoms with Crippen molar-refractivity contribution in [1.29, 1.82) is 0 Å². The Balaban J connectivity index is 2.01. The predicted octanol–water partition coefficient (Wildman–Crippen LogP) is 4.34. The number of phenols is 1. The third-order valence-corrected chi connectivity index (χ3v) is 5.45. The van der Waals surface area contributed by atoms with Crippen molar-refractivity contribution in [2.45, 2.75) is 26.8 Å². The van der Waals surface area contributed by atoms with Gasteiger partial charge in [-0.05, 0) is 62.2 Å². The topological polar surface area (TPSA) is 90.7 Å². The van der Waals surface area contributed by atoms with Gasteiger partial charge in [-0.1, -0.05) is 29.8 Å². The molecular formula is C25H22N2O4. The van der Waals surface area contributed by atoms with Crippen molar-refractivity contribution in [2.75, 3.05) is 4.90 Å². The van der Waals surface area contributed by atoms with Gasteiger partial charge < -0.3 is 10.2 Å². The molecule has 2 aromatic carbocycles. The average Bonchev–Trinajstić information content (AvgIpc) is 3.02. The molecule has 0 radical (unpaired) electrons. The maximum Gasteiger partial charge on any atom is 0.300 e. The number of Topliss-reactive ketones (excluding diaryl/α,β-unsaturated/α-hetero) is 1. The lowest BCUT2D eigenvalue weighted by molar-refractivity contribution is -0.132. The van der Waals surface area contributed by atoms with E-state index in [0.717, 1.165) is 16.7 Å². The number of carbonyl (C=O) groups is 2. The second-order valence-electron chi connectivity index (χ2n) is 7.73. The number of amides is 1. The lowest BCUT2D eigenvalue weighted by Crippen LogP contribution is -2.30. The maximum atomic E-state index is 13.2. The van der Waals surface area contributed by atoms with E-state index in [1.165, 1.54) is 11.0 Å². The van der Waals surface area contributed by atoms with Gasteiger partial charge in [0.2, 0.25) is 0 Å². The Morgan fingerprint density at radius 2 is 1.68 bits per heavy atom. The number of aromatic hydroxyl groups is 1. The SMILES string of the molecule is Cc1ccc(C)c(/C(O)=C2\C(=O)C(=O)N(c3cc(C)ccc3O)C2c2ccccn2)c1. The van der Waals surface area contributed by atoms with Crippen LogP contribution in [0.2, 0.25) is 0 Å². The zero-order chi connectivity index (χ0) is 22.3. The van der Waals surface area contributed by atoms with Gasteiger partial charge in [-0.2, -0.15) is 0 Å². The summed E-state index contributed by atoms with van der Waals surface area (Å²) in [4.78, 5) is 31.9. The molecule has 0 spiro atoms. The number of hydrogen-bond donors (Lipinski definition) is 2. The number of carbonyl (C=O) groups excluding carboxylic acids is 2. The van der Waals surface area contributed by atoms with E-state index in [9.17, 15) is 19.8 Å². The van der Waals surface area contributed by atoms with Crippen LogP contribution < -0.4 is 4.90 Å². The second-order valence-corrected chi connectivity index (χ2v) is 7.73. The van der Waals surface area contributed by atoms with E-state index < -0.39 is 17.7 Å². The Bertz CT molecular complexity index is 1230. The number of benzene rings is 2. The quantitative estimate of drug-likeness (QED) is 0.378. The third-order valence-electron chi connectivity index (χ3n) is 5.45. The first kappa shape index (κ1) is 20.3. The predicted molar refractivity (Wildman–Crippen MR) is 118 cm³/mol. The summed E-state index contributed by atoms with van der Waals surface area (Å²) in [5.74, 6) is -2.05. The van der Waals surface area contributed by atoms with Crippen LogP contribution in [0.1, 0.15) is 34.0 Å².